The lowest BCUT2D eigenvalue weighted by atomic mass is 10.2. The average molecular weight is 323 g/mol. The van der Waals surface area contributed by atoms with Gasteiger partial charge in [0.2, 0.25) is 0 Å². The Hall–Kier alpha value is -2.29. The number of anilines is 2. The summed E-state index contributed by atoms with van der Waals surface area (Å²) in [5.74, 6) is 0. The van der Waals surface area contributed by atoms with Gasteiger partial charge in [0.25, 0.3) is 0 Å². The number of thioether (sulfide) groups is 1. The lowest BCUT2D eigenvalue weighted by molar-refractivity contribution is 1.44. The molecule has 0 atom stereocenters. The summed E-state index contributed by atoms with van der Waals surface area (Å²) in [7, 11) is 0. The van der Waals surface area contributed by atoms with E-state index in [2.05, 4.69) is 16.7 Å². The number of fused-ring (bicyclic) bond motifs is 1. The van der Waals surface area contributed by atoms with Crippen LogP contribution < -0.4 is 10.6 Å². The van der Waals surface area contributed by atoms with Crippen molar-refractivity contribution in [1.82, 2.24) is 0 Å². The first-order valence-electron chi connectivity index (χ1n) is 6.73. The molecule has 0 spiro atoms. The number of rotatable bonds is 2. The Morgan fingerprint density at radius 2 is 1.91 bits per heavy atom. The van der Waals surface area contributed by atoms with Crippen molar-refractivity contribution < 1.29 is 0 Å². The van der Waals surface area contributed by atoms with Gasteiger partial charge in [-0.05, 0) is 31.2 Å². The number of aryl methyl sites for hydroxylation is 1. The van der Waals surface area contributed by atoms with Crippen molar-refractivity contribution in [1.29, 1.82) is 5.26 Å². The maximum atomic E-state index is 9.47. The van der Waals surface area contributed by atoms with E-state index in [-0.39, 0.29) is 0 Å². The summed E-state index contributed by atoms with van der Waals surface area (Å²) in [6.45, 7) is 2.03. The highest BCUT2D eigenvalue weighted by atomic mass is 32.2. The zero-order valence-electron chi connectivity index (χ0n) is 11.9. The Morgan fingerprint density at radius 3 is 2.59 bits per heavy atom. The first-order chi connectivity index (χ1) is 10.7. The minimum absolute atomic E-state index is 0.425. The second-order valence-corrected chi connectivity index (χ2v) is 6.32. The molecule has 2 aromatic carbocycles. The summed E-state index contributed by atoms with van der Waals surface area (Å²) in [6, 6.07) is 18.1. The van der Waals surface area contributed by atoms with Gasteiger partial charge in [0.15, 0.2) is 0 Å². The lowest BCUT2D eigenvalue weighted by Crippen LogP contribution is -2.13. The molecular formula is C17H13N3S2. The fraction of sp³-hybridized carbons (Fsp3) is 0.0588. The van der Waals surface area contributed by atoms with Gasteiger partial charge in [0, 0.05) is 10.6 Å². The van der Waals surface area contributed by atoms with E-state index in [0.717, 1.165) is 21.3 Å². The van der Waals surface area contributed by atoms with Crippen LogP contribution in [0.15, 0.2) is 64.0 Å². The van der Waals surface area contributed by atoms with E-state index in [1.807, 2.05) is 55.5 Å². The number of nitrogens with one attached hydrogen (secondary N) is 2. The highest BCUT2D eigenvalue weighted by Crippen LogP contribution is 2.42. The second kappa shape index (κ2) is 6.22. The van der Waals surface area contributed by atoms with Gasteiger partial charge in [-0.2, -0.15) is 5.26 Å². The summed E-state index contributed by atoms with van der Waals surface area (Å²) < 4.78 is 0. The maximum Gasteiger partial charge on any atom is 0.124 e. The molecule has 0 unspecified atom stereocenters. The van der Waals surface area contributed by atoms with Gasteiger partial charge in [0.1, 0.15) is 16.6 Å². The number of nitrogens with zero attached hydrogens (tertiary/aromatic N) is 1. The third-order valence-electron chi connectivity index (χ3n) is 3.22. The molecule has 2 aromatic rings. The van der Waals surface area contributed by atoms with E-state index in [0.29, 0.717) is 10.6 Å². The highest BCUT2D eigenvalue weighted by Gasteiger charge is 2.21. The zero-order valence-corrected chi connectivity index (χ0v) is 13.5. The molecule has 0 bridgehead atoms. The van der Waals surface area contributed by atoms with Crippen molar-refractivity contribution in [2.75, 3.05) is 10.6 Å². The van der Waals surface area contributed by atoms with Crippen molar-refractivity contribution >= 4 is 40.3 Å². The van der Waals surface area contributed by atoms with E-state index in [9.17, 15) is 5.26 Å². The van der Waals surface area contributed by atoms with Gasteiger partial charge in [-0.25, -0.2) is 0 Å². The van der Waals surface area contributed by atoms with Crippen molar-refractivity contribution in [2.45, 2.75) is 11.8 Å². The number of thiocarbonyl (C=S) groups is 1. The van der Waals surface area contributed by atoms with E-state index in [1.165, 1.54) is 17.3 Å². The Balaban J connectivity index is 1.83. The molecule has 1 heterocycles. The van der Waals surface area contributed by atoms with Crippen LogP contribution in [0.2, 0.25) is 0 Å². The minimum Gasteiger partial charge on any atom is -0.348 e. The van der Waals surface area contributed by atoms with Crippen LogP contribution in [-0.2, 0) is 0 Å². The number of hydrogen-bond donors (Lipinski definition) is 2. The van der Waals surface area contributed by atoms with Crippen molar-refractivity contribution in [3.63, 3.8) is 0 Å². The minimum atomic E-state index is 0.425. The van der Waals surface area contributed by atoms with Gasteiger partial charge in [-0.15, -0.1) is 0 Å². The van der Waals surface area contributed by atoms with Crippen LogP contribution in [0, 0.1) is 18.3 Å². The SMILES string of the molecule is Cc1ccc(NC(=S)/C(C#N)=C2\Nc3ccccc3S2)cc1. The third-order valence-corrected chi connectivity index (χ3v) is 4.62. The Morgan fingerprint density at radius 1 is 1.18 bits per heavy atom. The van der Waals surface area contributed by atoms with Crippen LogP contribution in [0.3, 0.4) is 0 Å². The number of para-hydroxylation sites is 1. The molecular weight excluding hydrogens is 310 g/mol. The topological polar surface area (TPSA) is 47.9 Å². The predicted molar refractivity (Wildman–Crippen MR) is 96.0 cm³/mol. The molecule has 0 saturated carbocycles. The molecule has 0 amide bonds. The molecule has 0 saturated heterocycles. The molecule has 3 nitrogen and oxygen atoms in total. The van der Waals surface area contributed by atoms with Crippen LogP contribution >= 0.6 is 24.0 Å². The quantitative estimate of drug-likeness (QED) is 0.477. The fourth-order valence-electron chi connectivity index (χ4n) is 2.07. The zero-order chi connectivity index (χ0) is 15.5. The standard InChI is InChI=1S/C17H13N3S2/c1-11-6-8-12(9-7-11)19-16(21)13(10-18)17-20-14-4-2-3-5-15(14)22-17/h2-9,20H,1H3,(H,19,21)/b17-13+. The molecule has 2 N–H and O–H groups in total. The lowest BCUT2D eigenvalue weighted by Gasteiger charge is -2.09. The van der Waals surface area contributed by atoms with Crippen LogP contribution in [0.5, 0.6) is 0 Å². The molecule has 3 rings (SSSR count). The van der Waals surface area contributed by atoms with E-state index >= 15 is 0 Å². The first-order valence-corrected chi connectivity index (χ1v) is 7.96. The summed E-state index contributed by atoms with van der Waals surface area (Å²) in [4.78, 5) is 1.53. The van der Waals surface area contributed by atoms with Gasteiger partial charge in [-0.3, -0.25) is 0 Å². The largest absolute Gasteiger partial charge is 0.348 e. The molecule has 1 aliphatic heterocycles. The summed E-state index contributed by atoms with van der Waals surface area (Å²) >= 11 is 6.92. The maximum absolute atomic E-state index is 9.47. The van der Waals surface area contributed by atoms with Crippen molar-refractivity contribution in [3.05, 3.63) is 64.7 Å². The number of hydrogen-bond acceptors (Lipinski definition) is 4. The molecule has 22 heavy (non-hydrogen) atoms. The molecule has 5 heteroatoms. The molecule has 0 radical (unpaired) electrons. The monoisotopic (exact) mass is 323 g/mol. The van der Waals surface area contributed by atoms with E-state index in [4.69, 9.17) is 12.2 Å². The molecule has 0 aromatic heterocycles. The molecule has 1 aliphatic rings. The van der Waals surface area contributed by atoms with E-state index < -0.39 is 0 Å². The van der Waals surface area contributed by atoms with E-state index in [1.54, 1.807) is 0 Å². The van der Waals surface area contributed by atoms with Gasteiger partial charge in [-0.1, -0.05) is 53.8 Å². The normalized spacial score (nSPS) is 14.5. The summed E-state index contributed by atoms with van der Waals surface area (Å²) in [5.41, 5.74) is 3.52. The van der Waals surface area contributed by atoms with Crippen LogP contribution in [0.1, 0.15) is 5.56 Å². The molecule has 0 aliphatic carbocycles. The number of nitriles is 1. The Bertz CT molecular complexity index is 774. The van der Waals surface area contributed by atoms with Crippen LogP contribution in [-0.4, -0.2) is 4.99 Å². The summed E-state index contributed by atoms with van der Waals surface area (Å²) in [6.07, 6.45) is 0. The average Bonchev–Trinajstić information content (AvgIpc) is 2.94. The second-order valence-electron chi connectivity index (χ2n) is 4.86. The van der Waals surface area contributed by atoms with Gasteiger partial charge < -0.3 is 10.6 Å². The van der Waals surface area contributed by atoms with Crippen molar-refractivity contribution in [2.24, 2.45) is 0 Å². The Kier molecular flexibility index (Phi) is 4.14. The number of benzene rings is 2. The molecule has 0 fully saturated rings. The molecule has 108 valence electrons. The van der Waals surface area contributed by atoms with Gasteiger partial charge >= 0.3 is 0 Å². The first kappa shape index (κ1) is 14.6. The van der Waals surface area contributed by atoms with Crippen LogP contribution in [0.25, 0.3) is 0 Å². The van der Waals surface area contributed by atoms with Gasteiger partial charge in [0.05, 0.1) is 10.7 Å². The fourth-order valence-corrected chi connectivity index (χ4v) is 3.40. The Labute approximate surface area is 139 Å². The smallest absolute Gasteiger partial charge is 0.124 e. The van der Waals surface area contributed by atoms with Crippen molar-refractivity contribution in [3.8, 4) is 6.07 Å². The summed E-state index contributed by atoms with van der Waals surface area (Å²) in [5, 5.41) is 16.6. The van der Waals surface area contributed by atoms with Crippen LogP contribution in [0.4, 0.5) is 11.4 Å². The predicted octanol–water partition coefficient (Wildman–Crippen LogP) is 4.69. The highest BCUT2D eigenvalue weighted by molar-refractivity contribution is 8.03. The third kappa shape index (κ3) is 2.98.